The maximum Gasteiger partial charge on any atom is 0.316 e. The van der Waals surface area contributed by atoms with Crippen LogP contribution in [0.5, 0.6) is 0 Å². The van der Waals surface area contributed by atoms with E-state index >= 15 is 0 Å². The molecule has 4 heteroatoms. The number of hydrogen-bond acceptors (Lipinski definition) is 0. The minimum Gasteiger partial charge on any atom is 0 e. The van der Waals surface area contributed by atoms with Crippen LogP contribution in [0.1, 0.15) is 0 Å². The van der Waals surface area contributed by atoms with Crippen molar-refractivity contribution in [2.75, 3.05) is 0 Å². The van der Waals surface area contributed by atoms with E-state index in [4.69, 9.17) is 0 Å². The van der Waals surface area contributed by atoms with Crippen molar-refractivity contribution in [2.45, 2.75) is 0 Å². The Morgan fingerprint density at radius 3 is 1.00 bits per heavy atom. The van der Waals surface area contributed by atoms with Gasteiger partial charge in [0, 0.05) is 89.7 Å². The first-order valence-electron chi connectivity index (χ1n) is 0. The summed E-state index contributed by atoms with van der Waals surface area (Å²) in [6.45, 7) is 0. The van der Waals surface area contributed by atoms with Crippen LogP contribution in [0.15, 0.2) is 0 Å². The van der Waals surface area contributed by atoms with Gasteiger partial charge in [-0.2, -0.15) is 0 Å². The van der Waals surface area contributed by atoms with Crippen LogP contribution in [0.4, 0.5) is 0 Å². The van der Waals surface area contributed by atoms with Gasteiger partial charge < -0.3 is 0 Å². The van der Waals surface area contributed by atoms with Gasteiger partial charge >= 0.3 is 23.1 Å². The third kappa shape index (κ3) is 9.22. The fourth-order valence-electron chi connectivity index (χ4n) is 0. The molecule has 0 aromatic rings. The molecule has 0 aliphatic rings. The normalized spacial score (nSPS) is 0. The van der Waals surface area contributed by atoms with Gasteiger partial charge in [0.1, 0.15) is 0 Å². The summed E-state index contributed by atoms with van der Waals surface area (Å²) in [5.74, 6) is 0. The van der Waals surface area contributed by atoms with Crippen molar-refractivity contribution >= 4 is 23.1 Å². The molecule has 0 saturated heterocycles. The monoisotopic (exact) mass is 304 g/mol. The molecule has 0 spiro atoms. The Morgan fingerprint density at radius 1 is 1.00 bits per heavy atom. The quantitative estimate of drug-likeness (QED) is 0.508. The van der Waals surface area contributed by atoms with Gasteiger partial charge in [-0.1, -0.05) is 0 Å². The molecule has 0 rings (SSSR count). The molecule has 0 unspecified atom stereocenters. The van der Waals surface area contributed by atoms with E-state index in [2.05, 4.69) is 0 Å². The van der Waals surface area contributed by atoms with E-state index in [-0.39, 0.29) is 113 Å². The van der Waals surface area contributed by atoms with E-state index in [0.717, 1.165) is 0 Å². The van der Waals surface area contributed by atoms with Crippen molar-refractivity contribution < 1.29 is 89.7 Å². The van der Waals surface area contributed by atoms with E-state index in [0.29, 0.717) is 0 Å². The molecule has 4 heavy (non-hydrogen) atoms. The third-order valence-corrected chi connectivity index (χ3v) is 0. The van der Waals surface area contributed by atoms with Crippen molar-refractivity contribution in [1.82, 2.24) is 0 Å². The van der Waals surface area contributed by atoms with E-state index in [1.165, 1.54) is 0 Å². The second-order valence-electron chi connectivity index (χ2n) is 0. The maximum absolute atomic E-state index is 0. The predicted octanol–water partition coefficient (Wildman–Crippen LogP) is -0.921. The standard InChI is InChI=1S/Ce.Mg.Ti.Zr.2H. The molecule has 0 aromatic heterocycles. The third-order valence-electron chi connectivity index (χ3n) is 0. The van der Waals surface area contributed by atoms with Crippen molar-refractivity contribution in [2.24, 2.45) is 0 Å². The first kappa shape index (κ1) is 25.1. The van der Waals surface area contributed by atoms with Crippen molar-refractivity contribution in [1.29, 1.82) is 0 Å². The zero-order chi connectivity index (χ0) is 0. The topological polar surface area (TPSA) is 0 Å². The molecule has 16 valence electrons. The zero-order valence-corrected chi connectivity index (χ0v) is 8.66. The summed E-state index contributed by atoms with van der Waals surface area (Å²) in [6.07, 6.45) is 0. The van der Waals surface area contributed by atoms with E-state index in [9.17, 15) is 0 Å². The van der Waals surface area contributed by atoms with Crippen molar-refractivity contribution in [3.63, 3.8) is 0 Å². The van der Waals surface area contributed by atoms with Gasteiger partial charge in [-0.15, -0.1) is 0 Å². The van der Waals surface area contributed by atoms with Crippen LogP contribution < -0.4 is 0 Å². The van der Waals surface area contributed by atoms with E-state index in [1.807, 2.05) is 0 Å². The van der Waals surface area contributed by atoms with Crippen LogP contribution in [0.2, 0.25) is 0 Å². The van der Waals surface area contributed by atoms with Gasteiger partial charge in [0.15, 0.2) is 0 Å². The van der Waals surface area contributed by atoms with Crippen LogP contribution in [0.25, 0.3) is 0 Å². The number of hydrogen-bond donors (Lipinski definition) is 0. The first-order valence-corrected chi connectivity index (χ1v) is 0. The first-order chi connectivity index (χ1) is 0. The molecule has 0 nitrogen and oxygen atoms in total. The summed E-state index contributed by atoms with van der Waals surface area (Å²) < 4.78 is 0. The van der Waals surface area contributed by atoms with E-state index < -0.39 is 0 Å². The molecule has 0 heterocycles. The Morgan fingerprint density at radius 2 is 1.00 bits per heavy atom. The second kappa shape index (κ2) is 15.9. The predicted molar refractivity (Wildman–Crippen MR) is 8.54 cm³/mol. The van der Waals surface area contributed by atoms with Gasteiger partial charge in [-0.3, -0.25) is 0 Å². The summed E-state index contributed by atoms with van der Waals surface area (Å²) in [7, 11) is 0. The Balaban J connectivity index is 0. The SMILES string of the molecule is [Ce].[MgH2].[Ti].[Zr]. The average Bonchev–Trinajstić information content (AvgIpc) is 0. The summed E-state index contributed by atoms with van der Waals surface area (Å²) in [4.78, 5) is 0. The Hall–Kier alpha value is 3.74. The smallest absolute Gasteiger partial charge is 0 e. The van der Waals surface area contributed by atoms with Crippen LogP contribution >= 0.6 is 0 Å². The van der Waals surface area contributed by atoms with Crippen LogP contribution in [0, 0.1) is 41.7 Å². The van der Waals surface area contributed by atoms with Gasteiger partial charge in [-0.25, -0.2) is 0 Å². The summed E-state index contributed by atoms with van der Waals surface area (Å²) >= 11 is 0. The number of rotatable bonds is 0. The molecule has 0 aliphatic heterocycles. The Labute approximate surface area is 110 Å². The summed E-state index contributed by atoms with van der Waals surface area (Å²) in [5.41, 5.74) is 0. The van der Waals surface area contributed by atoms with Crippen LogP contribution in [-0.2, 0) is 47.9 Å². The molecular formula is H2CeMgTiZr. The fourth-order valence-corrected chi connectivity index (χ4v) is 0. The van der Waals surface area contributed by atoms with Gasteiger partial charge in [0.05, 0.1) is 0 Å². The zero-order valence-electron chi connectivity index (χ0n) is 1.50. The molecular weight excluding hydrogens is 304 g/mol. The minimum atomic E-state index is 0. The molecule has 0 aromatic carbocycles. The van der Waals surface area contributed by atoms with Gasteiger partial charge in [-0.05, 0) is 0 Å². The Bertz CT molecular complexity index is 8.00. The molecule has 0 radical (unpaired) electrons. The molecule has 0 bridgehead atoms. The molecule has 0 N–H and O–H groups in total. The average molecular weight is 306 g/mol. The summed E-state index contributed by atoms with van der Waals surface area (Å²) in [5, 5.41) is 0. The van der Waals surface area contributed by atoms with Crippen LogP contribution in [0.3, 0.4) is 0 Å². The van der Waals surface area contributed by atoms with Gasteiger partial charge in [0.25, 0.3) is 0 Å². The van der Waals surface area contributed by atoms with Crippen molar-refractivity contribution in [3.8, 4) is 0 Å². The molecule has 0 atom stereocenters. The van der Waals surface area contributed by atoms with Gasteiger partial charge in [0.2, 0.25) is 0 Å². The molecule has 0 amide bonds. The Kier molecular flexibility index (Phi) is 99.8. The summed E-state index contributed by atoms with van der Waals surface area (Å²) in [6, 6.07) is 0. The maximum atomic E-state index is 0. The van der Waals surface area contributed by atoms with Crippen LogP contribution in [-0.4, -0.2) is 23.1 Å². The molecule has 0 saturated carbocycles. The second-order valence-corrected chi connectivity index (χ2v) is 0. The molecule has 0 fully saturated rings. The van der Waals surface area contributed by atoms with E-state index in [1.54, 1.807) is 0 Å². The molecule has 0 aliphatic carbocycles. The largest absolute Gasteiger partial charge is 0.316 e. The fraction of sp³-hybridized carbons (Fsp3) is 0. The van der Waals surface area contributed by atoms with Crippen molar-refractivity contribution in [3.05, 3.63) is 0 Å². The minimum absolute atomic E-state index is 0.